The van der Waals surface area contributed by atoms with E-state index in [4.69, 9.17) is 0 Å². The first-order chi connectivity index (χ1) is 13.6. The lowest BCUT2D eigenvalue weighted by Gasteiger charge is -2.16. The molecular formula is C19H22N6O2S. The van der Waals surface area contributed by atoms with E-state index in [1.165, 1.54) is 23.7 Å². The molecule has 1 N–H and O–H groups in total. The fourth-order valence-electron chi connectivity index (χ4n) is 3.18. The fourth-order valence-corrected chi connectivity index (χ4v) is 4.25. The first-order valence-corrected chi connectivity index (χ1v) is 10.9. The number of hydrogen-bond acceptors (Lipinski definition) is 6. The average Bonchev–Trinajstić information content (AvgIpc) is 3.39. The van der Waals surface area contributed by atoms with Crippen molar-refractivity contribution in [1.29, 1.82) is 0 Å². The summed E-state index contributed by atoms with van der Waals surface area (Å²) in [5, 5.41) is 4.17. The van der Waals surface area contributed by atoms with Crippen LogP contribution < -0.4 is 9.62 Å². The molecule has 0 unspecified atom stereocenters. The van der Waals surface area contributed by atoms with Gasteiger partial charge in [0.15, 0.2) is 0 Å². The van der Waals surface area contributed by atoms with E-state index in [9.17, 15) is 8.42 Å². The number of hydrogen-bond donors (Lipinski definition) is 1. The van der Waals surface area contributed by atoms with Crippen molar-refractivity contribution in [2.75, 3.05) is 28.5 Å². The molecule has 2 aromatic heterocycles. The number of benzene rings is 1. The summed E-state index contributed by atoms with van der Waals surface area (Å²) in [7, 11) is -3.47. The monoisotopic (exact) mass is 398 g/mol. The van der Waals surface area contributed by atoms with Crippen molar-refractivity contribution in [3.8, 4) is 5.95 Å². The van der Waals surface area contributed by atoms with Gasteiger partial charge in [-0.2, -0.15) is 5.10 Å². The molecule has 0 aliphatic carbocycles. The molecule has 9 heteroatoms. The van der Waals surface area contributed by atoms with E-state index in [0.717, 1.165) is 24.3 Å². The van der Waals surface area contributed by atoms with Gasteiger partial charge >= 0.3 is 0 Å². The molecule has 0 bridgehead atoms. The van der Waals surface area contributed by atoms with Gasteiger partial charge in [0, 0.05) is 13.1 Å². The molecule has 1 aliphatic heterocycles. The van der Waals surface area contributed by atoms with E-state index in [1.54, 1.807) is 18.6 Å². The van der Waals surface area contributed by atoms with Gasteiger partial charge in [0.05, 0.1) is 41.9 Å². The second kappa shape index (κ2) is 7.97. The Balaban J connectivity index is 1.39. The Labute approximate surface area is 164 Å². The molecule has 0 atom stereocenters. The third-order valence-electron chi connectivity index (χ3n) is 4.66. The van der Waals surface area contributed by atoms with Crippen molar-refractivity contribution in [1.82, 2.24) is 19.7 Å². The summed E-state index contributed by atoms with van der Waals surface area (Å²) >= 11 is 0. The van der Waals surface area contributed by atoms with Crippen molar-refractivity contribution in [3.63, 3.8) is 0 Å². The molecule has 4 rings (SSSR count). The second-order valence-corrected chi connectivity index (χ2v) is 8.61. The number of aryl methyl sites for hydroxylation is 1. The van der Waals surface area contributed by atoms with Crippen LogP contribution in [0.25, 0.3) is 5.95 Å². The molecule has 0 radical (unpaired) electrons. The van der Waals surface area contributed by atoms with Gasteiger partial charge in [0.25, 0.3) is 5.95 Å². The third kappa shape index (κ3) is 4.48. The second-order valence-electron chi connectivity index (χ2n) is 6.77. The number of nitrogens with one attached hydrogen (secondary N) is 1. The Morgan fingerprint density at radius 1 is 1.00 bits per heavy atom. The molecular weight excluding hydrogens is 376 g/mol. The molecule has 1 saturated heterocycles. The summed E-state index contributed by atoms with van der Waals surface area (Å²) in [6, 6.07) is 9.53. The molecule has 146 valence electrons. The molecule has 1 aromatic carbocycles. The summed E-state index contributed by atoms with van der Waals surface area (Å²) in [6.07, 6.45) is 9.41. The van der Waals surface area contributed by atoms with Gasteiger partial charge < -0.3 is 4.90 Å². The van der Waals surface area contributed by atoms with Crippen LogP contribution in [0.1, 0.15) is 18.4 Å². The van der Waals surface area contributed by atoms with Crippen LogP contribution in [-0.4, -0.2) is 47.0 Å². The van der Waals surface area contributed by atoms with E-state index in [0.29, 0.717) is 18.1 Å². The predicted octanol–water partition coefficient (Wildman–Crippen LogP) is 2.25. The van der Waals surface area contributed by atoms with Crippen LogP contribution in [0.2, 0.25) is 0 Å². The van der Waals surface area contributed by atoms with Crippen molar-refractivity contribution in [2.24, 2.45) is 0 Å². The van der Waals surface area contributed by atoms with Crippen LogP contribution in [0.3, 0.4) is 0 Å². The van der Waals surface area contributed by atoms with Gasteiger partial charge in [0.1, 0.15) is 0 Å². The SMILES string of the molecule is O=S(=O)(CCc1ccccc1)Nc1cnn(-c2ncc(N3CCCC3)cn2)c1. The van der Waals surface area contributed by atoms with Gasteiger partial charge in [0.2, 0.25) is 10.0 Å². The van der Waals surface area contributed by atoms with E-state index in [2.05, 4.69) is 24.7 Å². The zero-order valence-electron chi connectivity index (χ0n) is 15.4. The number of nitrogens with zero attached hydrogens (tertiary/aromatic N) is 5. The number of anilines is 2. The van der Waals surface area contributed by atoms with Crippen LogP contribution in [0, 0.1) is 0 Å². The standard InChI is InChI=1S/C19H22N6O2S/c26-28(27,11-8-16-6-2-1-3-7-16)23-17-12-22-25(15-17)19-20-13-18(14-21-19)24-9-4-5-10-24/h1-3,6-7,12-15,23H,4-5,8-11H2. The summed E-state index contributed by atoms with van der Waals surface area (Å²) in [4.78, 5) is 10.9. The predicted molar refractivity (Wildman–Crippen MR) is 108 cm³/mol. The summed E-state index contributed by atoms with van der Waals surface area (Å²) in [6.45, 7) is 2.05. The normalized spacial score (nSPS) is 14.4. The molecule has 1 fully saturated rings. The Kier molecular flexibility index (Phi) is 5.25. The van der Waals surface area contributed by atoms with Crippen molar-refractivity contribution < 1.29 is 8.42 Å². The maximum atomic E-state index is 12.3. The van der Waals surface area contributed by atoms with Gasteiger partial charge in [-0.15, -0.1) is 0 Å². The minimum atomic E-state index is -3.47. The lowest BCUT2D eigenvalue weighted by atomic mass is 10.2. The molecule has 0 saturated carbocycles. The highest BCUT2D eigenvalue weighted by Gasteiger charge is 2.15. The van der Waals surface area contributed by atoms with Gasteiger partial charge in [-0.1, -0.05) is 30.3 Å². The number of rotatable bonds is 7. The highest BCUT2D eigenvalue weighted by atomic mass is 32.2. The Morgan fingerprint density at radius 3 is 2.43 bits per heavy atom. The van der Waals surface area contributed by atoms with Crippen molar-refractivity contribution >= 4 is 21.4 Å². The van der Waals surface area contributed by atoms with E-state index >= 15 is 0 Å². The summed E-state index contributed by atoms with van der Waals surface area (Å²) < 4.78 is 28.7. The summed E-state index contributed by atoms with van der Waals surface area (Å²) in [5.74, 6) is 0.404. The van der Waals surface area contributed by atoms with Crippen molar-refractivity contribution in [3.05, 3.63) is 60.7 Å². The van der Waals surface area contributed by atoms with E-state index in [1.807, 2.05) is 30.3 Å². The van der Waals surface area contributed by atoms with E-state index in [-0.39, 0.29) is 5.75 Å². The van der Waals surface area contributed by atoms with Gasteiger partial charge in [-0.05, 0) is 24.8 Å². The van der Waals surface area contributed by atoms with Crippen LogP contribution in [0.4, 0.5) is 11.4 Å². The molecule has 1 aliphatic rings. The Bertz CT molecular complexity index is 1010. The molecule has 3 aromatic rings. The molecule has 0 spiro atoms. The minimum Gasteiger partial charge on any atom is -0.369 e. The lowest BCUT2D eigenvalue weighted by Crippen LogP contribution is -2.18. The minimum absolute atomic E-state index is 0.00320. The van der Waals surface area contributed by atoms with E-state index < -0.39 is 10.0 Å². The highest BCUT2D eigenvalue weighted by Crippen LogP contribution is 2.19. The van der Waals surface area contributed by atoms with Crippen molar-refractivity contribution in [2.45, 2.75) is 19.3 Å². The lowest BCUT2D eigenvalue weighted by molar-refractivity contribution is 0.600. The molecule has 0 amide bonds. The van der Waals surface area contributed by atoms with Gasteiger partial charge in [-0.25, -0.2) is 23.1 Å². The fraction of sp³-hybridized carbons (Fsp3) is 0.316. The maximum absolute atomic E-state index is 12.3. The Hall–Kier alpha value is -2.94. The molecule has 8 nitrogen and oxygen atoms in total. The molecule has 28 heavy (non-hydrogen) atoms. The van der Waals surface area contributed by atoms with Crippen LogP contribution in [0.5, 0.6) is 0 Å². The average molecular weight is 398 g/mol. The highest BCUT2D eigenvalue weighted by molar-refractivity contribution is 7.92. The third-order valence-corrected chi connectivity index (χ3v) is 5.95. The topological polar surface area (TPSA) is 93.0 Å². The summed E-state index contributed by atoms with van der Waals surface area (Å²) in [5.41, 5.74) is 2.37. The van der Waals surface area contributed by atoms with Gasteiger partial charge in [-0.3, -0.25) is 4.72 Å². The zero-order valence-corrected chi connectivity index (χ0v) is 16.2. The Morgan fingerprint density at radius 2 is 1.71 bits per heavy atom. The number of aromatic nitrogens is 4. The van der Waals surface area contributed by atoms with Crippen LogP contribution in [0.15, 0.2) is 55.1 Å². The van der Waals surface area contributed by atoms with Crippen LogP contribution >= 0.6 is 0 Å². The first kappa shape index (κ1) is 18.4. The molecule has 3 heterocycles. The largest absolute Gasteiger partial charge is 0.369 e. The first-order valence-electron chi connectivity index (χ1n) is 9.25. The maximum Gasteiger partial charge on any atom is 0.250 e. The quantitative estimate of drug-likeness (QED) is 0.656. The van der Waals surface area contributed by atoms with Crippen LogP contribution in [-0.2, 0) is 16.4 Å². The zero-order chi connectivity index (χ0) is 19.4. The number of sulfonamides is 1. The smallest absolute Gasteiger partial charge is 0.250 e.